The van der Waals surface area contributed by atoms with Crippen molar-refractivity contribution in [2.24, 2.45) is 5.10 Å². The number of benzene rings is 3. The molecule has 0 saturated carbocycles. The fraction of sp³-hybridized carbons (Fsp3) is 0.250. The van der Waals surface area contributed by atoms with Gasteiger partial charge in [0.05, 0.1) is 28.6 Å². The fourth-order valence-corrected chi connectivity index (χ4v) is 4.64. The van der Waals surface area contributed by atoms with Gasteiger partial charge >= 0.3 is 0 Å². The van der Waals surface area contributed by atoms with Gasteiger partial charge in [-0.2, -0.15) is 9.78 Å². The lowest BCUT2D eigenvalue weighted by atomic mass is 10.1. The number of nitrogens with zero attached hydrogens (tertiary/aromatic N) is 4. The molecule has 39 heavy (non-hydrogen) atoms. The molecule has 0 bridgehead atoms. The SMILES string of the molecule is CCOc1cc(C=Nn2c([C@H](C)CC)nc3ccc(Br)cc3c2=O)c(Br)cc1OCc1cccc([N+](=O)[O-])c1. The van der Waals surface area contributed by atoms with Crippen LogP contribution in [0.5, 0.6) is 11.5 Å². The first kappa shape index (κ1) is 28.4. The van der Waals surface area contributed by atoms with Gasteiger partial charge in [0.2, 0.25) is 0 Å². The van der Waals surface area contributed by atoms with Crippen LogP contribution in [0.2, 0.25) is 0 Å². The summed E-state index contributed by atoms with van der Waals surface area (Å²) in [4.78, 5) is 28.8. The highest BCUT2D eigenvalue weighted by molar-refractivity contribution is 9.10. The lowest BCUT2D eigenvalue weighted by Gasteiger charge is -2.15. The van der Waals surface area contributed by atoms with Gasteiger partial charge < -0.3 is 9.47 Å². The van der Waals surface area contributed by atoms with Crippen molar-refractivity contribution >= 4 is 54.7 Å². The Morgan fingerprint density at radius 3 is 2.59 bits per heavy atom. The number of hydrogen-bond donors (Lipinski definition) is 0. The number of aromatic nitrogens is 2. The van der Waals surface area contributed by atoms with Crippen LogP contribution in [0.25, 0.3) is 10.9 Å². The minimum atomic E-state index is -0.443. The maximum Gasteiger partial charge on any atom is 0.282 e. The summed E-state index contributed by atoms with van der Waals surface area (Å²) in [6.45, 7) is 6.42. The number of fused-ring (bicyclic) bond motifs is 1. The van der Waals surface area contributed by atoms with E-state index in [2.05, 4.69) is 37.0 Å². The minimum Gasteiger partial charge on any atom is -0.490 e. The molecule has 0 aliphatic carbocycles. The Bertz CT molecular complexity index is 1620. The molecule has 0 aliphatic rings. The summed E-state index contributed by atoms with van der Waals surface area (Å²) >= 11 is 6.99. The molecule has 3 aromatic carbocycles. The van der Waals surface area contributed by atoms with E-state index in [1.807, 2.05) is 32.9 Å². The summed E-state index contributed by atoms with van der Waals surface area (Å²) in [7, 11) is 0. The van der Waals surface area contributed by atoms with Crippen LogP contribution in [0.4, 0.5) is 5.69 Å². The summed E-state index contributed by atoms with van der Waals surface area (Å²) in [5.74, 6) is 1.52. The molecule has 4 aromatic rings. The number of nitro benzene ring substituents is 1. The fourth-order valence-electron chi connectivity index (χ4n) is 3.85. The van der Waals surface area contributed by atoms with Crippen molar-refractivity contribution in [3.8, 4) is 11.5 Å². The molecule has 0 saturated heterocycles. The average Bonchev–Trinajstić information content (AvgIpc) is 2.93. The van der Waals surface area contributed by atoms with E-state index in [0.29, 0.717) is 50.4 Å². The molecule has 4 rings (SSSR count). The molecule has 11 heteroatoms. The number of nitro groups is 1. The molecular weight excluding hydrogens is 632 g/mol. The van der Waals surface area contributed by atoms with Crippen LogP contribution in [0, 0.1) is 10.1 Å². The Morgan fingerprint density at radius 2 is 1.87 bits per heavy atom. The molecule has 1 aromatic heterocycles. The van der Waals surface area contributed by atoms with Crippen LogP contribution < -0.4 is 15.0 Å². The quantitative estimate of drug-likeness (QED) is 0.101. The summed E-state index contributed by atoms with van der Waals surface area (Å²) < 4.78 is 14.6. The standard InChI is InChI=1S/C28H26Br2N4O5/c1-4-17(3)27-32-24-10-9-20(29)13-22(24)28(35)33(27)31-15-19-12-25(38-5-2)26(14-23(19)30)39-16-18-7-6-8-21(11-18)34(36)37/h6-15,17H,4-5,16H2,1-3H3/t17-/m1/s1. The zero-order valence-corrected chi connectivity index (χ0v) is 24.7. The van der Waals surface area contributed by atoms with E-state index in [0.717, 1.165) is 10.9 Å². The number of hydrogen-bond acceptors (Lipinski definition) is 7. The van der Waals surface area contributed by atoms with Gasteiger partial charge in [0.25, 0.3) is 11.2 Å². The molecule has 0 N–H and O–H groups in total. The predicted molar refractivity (Wildman–Crippen MR) is 158 cm³/mol. The smallest absolute Gasteiger partial charge is 0.282 e. The van der Waals surface area contributed by atoms with E-state index >= 15 is 0 Å². The third kappa shape index (κ3) is 6.54. The topological polar surface area (TPSA) is 109 Å². The Morgan fingerprint density at radius 1 is 1.10 bits per heavy atom. The van der Waals surface area contributed by atoms with Crippen molar-refractivity contribution in [2.45, 2.75) is 39.7 Å². The highest BCUT2D eigenvalue weighted by Crippen LogP contribution is 2.34. The number of rotatable bonds is 10. The number of halogens is 2. The lowest BCUT2D eigenvalue weighted by molar-refractivity contribution is -0.384. The highest BCUT2D eigenvalue weighted by Gasteiger charge is 2.17. The summed E-state index contributed by atoms with van der Waals surface area (Å²) in [6.07, 6.45) is 2.37. The first-order valence-electron chi connectivity index (χ1n) is 12.3. The monoisotopic (exact) mass is 656 g/mol. The Hall–Kier alpha value is -3.57. The third-order valence-corrected chi connectivity index (χ3v) is 7.26. The second-order valence-electron chi connectivity index (χ2n) is 8.77. The Balaban J connectivity index is 1.70. The molecule has 0 amide bonds. The first-order valence-corrected chi connectivity index (χ1v) is 13.9. The second kappa shape index (κ2) is 12.5. The molecule has 202 valence electrons. The van der Waals surface area contributed by atoms with Gasteiger partial charge in [0.1, 0.15) is 12.4 Å². The van der Waals surface area contributed by atoms with E-state index in [-0.39, 0.29) is 23.8 Å². The molecular formula is C28H26Br2N4O5. The van der Waals surface area contributed by atoms with Crippen molar-refractivity contribution in [3.05, 3.63) is 101 Å². The van der Waals surface area contributed by atoms with Crippen molar-refractivity contribution < 1.29 is 14.4 Å². The van der Waals surface area contributed by atoms with Crippen LogP contribution in [-0.4, -0.2) is 27.4 Å². The first-order chi connectivity index (χ1) is 18.7. The van der Waals surface area contributed by atoms with Gasteiger partial charge in [-0.05, 0) is 65.2 Å². The average molecular weight is 658 g/mol. The molecule has 0 aliphatic heterocycles. The van der Waals surface area contributed by atoms with Gasteiger partial charge in [-0.25, -0.2) is 4.98 Å². The number of non-ortho nitro benzene ring substituents is 1. The van der Waals surface area contributed by atoms with Crippen molar-refractivity contribution in [3.63, 3.8) is 0 Å². The maximum absolute atomic E-state index is 13.4. The van der Waals surface area contributed by atoms with Crippen LogP contribution in [-0.2, 0) is 6.61 Å². The predicted octanol–water partition coefficient (Wildman–Crippen LogP) is 7.20. The van der Waals surface area contributed by atoms with E-state index < -0.39 is 4.92 Å². The van der Waals surface area contributed by atoms with Gasteiger partial charge in [-0.1, -0.05) is 41.9 Å². The van der Waals surface area contributed by atoms with E-state index in [1.54, 1.807) is 36.5 Å². The van der Waals surface area contributed by atoms with Gasteiger partial charge in [0, 0.05) is 32.6 Å². The minimum absolute atomic E-state index is 0.00332. The zero-order chi connectivity index (χ0) is 28.1. The molecule has 0 spiro atoms. The van der Waals surface area contributed by atoms with E-state index in [9.17, 15) is 14.9 Å². The number of ether oxygens (including phenoxy) is 2. The maximum atomic E-state index is 13.4. The molecule has 1 atom stereocenters. The molecule has 1 heterocycles. The van der Waals surface area contributed by atoms with Crippen LogP contribution >= 0.6 is 31.9 Å². The lowest BCUT2D eigenvalue weighted by Crippen LogP contribution is -2.23. The van der Waals surface area contributed by atoms with E-state index in [4.69, 9.17) is 14.5 Å². The van der Waals surface area contributed by atoms with Crippen LogP contribution in [0.3, 0.4) is 0 Å². The molecule has 9 nitrogen and oxygen atoms in total. The van der Waals surface area contributed by atoms with Crippen LogP contribution in [0.15, 0.2) is 73.4 Å². The highest BCUT2D eigenvalue weighted by atomic mass is 79.9. The third-order valence-electron chi connectivity index (χ3n) is 6.08. The van der Waals surface area contributed by atoms with Crippen molar-refractivity contribution in [1.29, 1.82) is 0 Å². The van der Waals surface area contributed by atoms with Crippen molar-refractivity contribution in [1.82, 2.24) is 9.66 Å². The second-order valence-corrected chi connectivity index (χ2v) is 10.5. The normalized spacial score (nSPS) is 12.1. The van der Waals surface area contributed by atoms with E-state index in [1.165, 1.54) is 16.8 Å². The Kier molecular flexibility index (Phi) is 9.13. The largest absolute Gasteiger partial charge is 0.490 e. The van der Waals surface area contributed by atoms with Gasteiger partial charge in [-0.3, -0.25) is 14.9 Å². The molecule has 0 radical (unpaired) electrons. The zero-order valence-electron chi connectivity index (χ0n) is 21.6. The van der Waals surface area contributed by atoms with Gasteiger partial charge in [-0.15, -0.1) is 0 Å². The Labute approximate surface area is 241 Å². The summed E-state index contributed by atoms with van der Waals surface area (Å²) in [6, 6.07) is 15.2. The summed E-state index contributed by atoms with van der Waals surface area (Å²) in [5.41, 5.74) is 1.68. The molecule has 0 fully saturated rings. The summed E-state index contributed by atoms with van der Waals surface area (Å²) in [5, 5.41) is 16.1. The van der Waals surface area contributed by atoms with Crippen molar-refractivity contribution in [2.75, 3.05) is 6.61 Å². The van der Waals surface area contributed by atoms with Gasteiger partial charge in [0.15, 0.2) is 11.5 Å². The molecule has 0 unspecified atom stereocenters. The van der Waals surface area contributed by atoms with Crippen LogP contribution in [0.1, 0.15) is 50.1 Å².